The molecule has 0 radical (unpaired) electrons. The zero-order valence-electron chi connectivity index (χ0n) is 11.7. The van der Waals surface area contributed by atoms with Gasteiger partial charge in [0.05, 0.1) is 6.61 Å². The lowest BCUT2D eigenvalue weighted by molar-refractivity contribution is 0.102. The molecule has 1 aromatic rings. The van der Waals surface area contributed by atoms with Crippen LogP contribution in [0.1, 0.15) is 26.3 Å². The topological polar surface area (TPSA) is 24.5 Å². The molecule has 0 spiro atoms. The summed E-state index contributed by atoms with van der Waals surface area (Å²) in [5.74, 6) is 0.956. The van der Waals surface area contributed by atoms with Crippen LogP contribution < -0.4 is 10.1 Å². The van der Waals surface area contributed by atoms with Crippen molar-refractivity contribution < 1.29 is 4.74 Å². The molecule has 1 N–H and O–H groups in total. The third-order valence-corrected chi connectivity index (χ3v) is 3.78. The van der Waals surface area contributed by atoms with Crippen LogP contribution >= 0.6 is 0 Å². The van der Waals surface area contributed by atoms with Crippen LogP contribution in [0.3, 0.4) is 0 Å². The van der Waals surface area contributed by atoms with Gasteiger partial charge in [0, 0.05) is 31.7 Å². The Labute approximate surface area is 110 Å². The number of hydrogen-bond acceptors (Lipinski definition) is 3. The number of ether oxygens (including phenoxy) is 1. The molecular formula is C15H24N2O. The Morgan fingerprint density at radius 3 is 2.33 bits per heavy atom. The lowest BCUT2D eigenvalue weighted by atomic mass is 9.91. The third kappa shape index (κ3) is 2.85. The molecular weight excluding hydrogens is 224 g/mol. The Balaban J connectivity index is 2.12. The molecule has 18 heavy (non-hydrogen) atoms. The SMILES string of the molecule is CCOc1ccc(C(C)(C)N2CCNCC2)cc1. The predicted octanol–water partition coefficient (Wildman–Crippen LogP) is 2.23. The van der Waals surface area contributed by atoms with E-state index in [-0.39, 0.29) is 5.54 Å². The van der Waals surface area contributed by atoms with Crippen molar-refractivity contribution >= 4 is 0 Å². The summed E-state index contributed by atoms with van der Waals surface area (Å²) < 4.78 is 5.50. The van der Waals surface area contributed by atoms with Crippen molar-refractivity contribution in [2.45, 2.75) is 26.3 Å². The first kappa shape index (κ1) is 13.4. The van der Waals surface area contributed by atoms with Gasteiger partial charge >= 0.3 is 0 Å². The Hall–Kier alpha value is -1.06. The summed E-state index contributed by atoms with van der Waals surface area (Å²) in [6.45, 7) is 11.7. The summed E-state index contributed by atoms with van der Waals surface area (Å²) in [4.78, 5) is 2.54. The fourth-order valence-electron chi connectivity index (χ4n) is 2.53. The average molecular weight is 248 g/mol. The van der Waals surface area contributed by atoms with Gasteiger partial charge < -0.3 is 10.1 Å². The van der Waals surface area contributed by atoms with Gasteiger partial charge in [-0.3, -0.25) is 4.90 Å². The van der Waals surface area contributed by atoms with E-state index in [1.807, 2.05) is 6.92 Å². The van der Waals surface area contributed by atoms with E-state index in [1.165, 1.54) is 5.56 Å². The quantitative estimate of drug-likeness (QED) is 0.884. The lowest BCUT2D eigenvalue weighted by Crippen LogP contribution is -2.51. The van der Waals surface area contributed by atoms with Crippen LogP contribution in [0.25, 0.3) is 0 Å². The molecule has 1 aliphatic heterocycles. The number of benzene rings is 1. The van der Waals surface area contributed by atoms with Crippen molar-refractivity contribution in [2.24, 2.45) is 0 Å². The van der Waals surface area contributed by atoms with Crippen molar-refractivity contribution in [3.63, 3.8) is 0 Å². The van der Waals surface area contributed by atoms with Gasteiger partial charge in [-0.1, -0.05) is 12.1 Å². The lowest BCUT2D eigenvalue weighted by Gasteiger charge is -2.41. The number of nitrogens with one attached hydrogen (secondary N) is 1. The second-order valence-electron chi connectivity index (χ2n) is 5.25. The maximum Gasteiger partial charge on any atom is 0.119 e. The highest BCUT2D eigenvalue weighted by Gasteiger charge is 2.29. The van der Waals surface area contributed by atoms with Crippen LogP contribution in [-0.2, 0) is 5.54 Å². The zero-order valence-corrected chi connectivity index (χ0v) is 11.7. The molecule has 3 heteroatoms. The van der Waals surface area contributed by atoms with Gasteiger partial charge in [0.1, 0.15) is 5.75 Å². The highest BCUT2D eigenvalue weighted by Crippen LogP contribution is 2.29. The van der Waals surface area contributed by atoms with Crippen molar-refractivity contribution in [3.8, 4) is 5.75 Å². The number of rotatable bonds is 4. The third-order valence-electron chi connectivity index (χ3n) is 3.78. The number of hydrogen-bond donors (Lipinski definition) is 1. The molecule has 2 rings (SSSR count). The molecule has 3 nitrogen and oxygen atoms in total. The van der Waals surface area contributed by atoms with Crippen LogP contribution in [0.5, 0.6) is 5.75 Å². The molecule has 1 heterocycles. The second-order valence-corrected chi connectivity index (χ2v) is 5.25. The summed E-state index contributed by atoms with van der Waals surface area (Å²) in [7, 11) is 0. The minimum absolute atomic E-state index is 0.0901. The van der Waals surface area contributed by atoms with Crippen molar-refractivity contribution in [3.05, 3.63) is 29.8 Å². The summed E-state index contributed by atoms with van der Waals surface area (Å²) >= 11 is 0. The standard InChI is InChI=1S/C15H24N2O/c1-4-18-14-7-5-13(6-8-14)15(2,3)17-11-9-16-10-12-17/h5-8,16H,4,9-12H2,1-3H3. The van der Waals surface area contributed by atoms with Crippen molar-refractivity contribution in [1.82, 2.24) is 10.2 Å². The van der Waals surface area contributed by atoms with Crippen LogP contribution in [-0.4, -0.2) is 37.7 Å². The van der Waals surface area contributed by atoms with Crippen LogP contribution in [0.15, 0.2) is 24.3 Å². The first-order valence-electron chi connectivity index (χ1n) is 6.83. The molecule has 1 fully saturated rings. The van der Waals surface area contributed by atoms with Gasteiger partial charge in [-0.25, -0.2) is 0 Å². The highest BCUT2D eigenvalue weighted by atomic mass is 16.5. The van der Waals surface area contributed by atoms with E-state index in [0.29, 0.717) is 0 Å². The van der Waals surface area contributed by atoms with E-state index in [0.717, 1.165) is 38.5 Å². The maximum atomic E-state index is 5.50. The van der Waals surface area contributed by atoms with Gasteiger partial charge in [0.25, 0.3) is 0 Å². The number of piperazine rings is 1. The van der Waals surface area contributed by atoms with Gasteiger partial charge in [-0.05, 0) is 38.5 Å². The van der Waals surface area contributed by atoms with Crippen molar-refractivity contribution in [1.29, 1.82) is 0 Å². The Kier molecular flexibility index (Phi) is 4.25. The monoisotopic (exact) mass is 248 g/mol. The fraction of sp³-hybridized carbons (Fsp3) is 0.600. The fourth-order valence-corrected chi connectivity index (χ4v) is 2.53. The molecule has 0 saturated carbocycles. The molecule has 0 amide bonds. The van der Waals surface area contributed by atoms with E-state index < -0.39 is 0 Å². The number of nitrogens with zero attached hydrogens (tertiary/aromatic N) is 1. The summed E-state index contributed by atoms with van der Waals surface area (Å²) in [6.07, 6.45) is 0. The van der Waals surface area contributed by atoms with Gasteiger partial charge in [-0.2, -0.15) is 0 Å². The predicted molar refractivity (Wildman–Crippen MR) is 75.1 cm³/mol. The van der Waals surface area contributed by atoms with E-state index in [9.17, 15) is 0 Å². The summed E-state index contributed by atoms with van der Waals surface area (Å²) in [6, 6.07) is 8.52. The molecule has 1 saturated heterocycles. The molecule has 100 valence electrons. The normalized spacial score (nSPS) is 17.7. The maximum absolute atomic E-state index is 5.50. The van der Waals surface area contributed by atoms with Crippen LogP contribution in [0.2, 0.25) is 0 Å². The summed E-state index contributed by atoms with van der Waals surface area (Å²) in [5, 5.41) is 3.40. The van der Waals surface area contributed by atoms with Crippen molar-refractivity contribution in [2.75, 3.05) is 32.8 Å². The van der Waals surface area contributed by atoms with Crippen LogP contribution in [0.4, 0.5) is 0 Å². The molecule has 0 aliphatic carbocycles. The molecule has 1 aromatic carbocycles. The smallest absolute Gasteiger partial charge is 0.119 e. The Bertz CT molecular complexity index is 367. The Morgan fingerprint density at radius 1 is 1.17 bits per heavy atom. The van der Waals surface area contributed by atoms with Gasteiger partial charge in [-0.15, -0.1) is 0 Å². The minimum atomic E-state index is 0.0901. The van der Waals surface area contributed by atoms with Crippen LogP contribution in [0, 0.1) is 0 Å². The highest BCUT2D eigenvalue weighted by molar-refractivity contribution is 5.31. The first-order valence-corrected chi connectivity index (χ1v) is 6.83. The van der Waals surface area contributed by atoms with E-state index in [1.54, 1.807) is 0 Å². The van der Waals surface area contributed by atoms with E-state index in [4.69, 9.17) is 4.74 Å². The van der Waals surface area contributed by atoms with E-state index >= 15 is 0 Å². The largest absolute Gasteiger partial charge is 0.494 e. The van der Waals surface area contributed by atoms with E-state index in [2.05, 4.69) is 48.3 Å². The second kappa shape index (κ2) is 5.72. The van der Waals surface area contributed by atoms with Gasteiger partial charge in [0.2, 0.25) is 0 Å². The molecule has 0 bridgehead atoms. The Morgan fingerprint density at radius 2 is 1.78 bits per heavy atom. The zero-order chi connectivity index (χ0) is 13.0. The molecule has 0 aromatic heterocycles. The first-order chi connectivity index (χ1) is 8.64. The molecule has 0 atom stereocenters. The minimum Gasteiger partial charge on any atom is -0.494 e. The average Bonchev–Trinajstić information content (AvgIpc) is 2.41. The summed E-state index contributed by atoms with van der Waals surface area (Å²) in [5.41, 5.74) is 1.44. The molecule has 1 aliphatic rings. The van der Waals surface area contributed by atoms with Gasteiger partial charge in [0.15, 0.2) is 0 Å². The molecule has 0 unspecified atom stereocenters.